The fraction of sp³-hybridized carbons (Fsp3) is 0.0526. The van der Waals surface area contributed by atoms with E-state index >= 15 is 0 Å². The minimum Gasteiger partial charge on any atom is -0.410 e. The van der Waals surface area contributed by atoms with E-state index in [0.29, 0.717) is 6.85 Å². The number of rotatable bonds is 4. The summed E-state index contributed by atoms with van der Waals surface area (Å²) in [5.74, 6) is 4.47. The maximum absolute atomic E-state index is 2.34. The van der Waals surface area contributed by atoms with Crippen molar-refractivity contribution in [3.05, 3.63) is 102 Å². The first-order valence-corrected chi connectivity index (χ1v) is 7.30. The van der Waals surface area contributed by atoms with Crippen LogP contribution in [0.25, 0.3) is 6.08 Å². The van der Waals surface area contributed by atoms with E-state index in [1.807, 2.05) is 6.07 Å². The molecule has 0 bridgehead atoms. The van der Waals surface area contributed by atoms with Crippen molar-refractivity contribution in [3.8, 4) is 0 Å². The van der Waals surface area contributed by atoms with Crippen molar-refractivity contribution >= 4 is 12.9 Å². The molecule has 0 aliphatic carbocycles. The molecule has 0 atom stereocenters. The lowest BCUT2D eigenvalue weighted by Gasteiger charge is -2.26. The average molecular weight is 271 g/mol. The largest absolute Gasteiger partial charge is 0.410 e. The SMILES string of the molecule is C1=CB(/C=C/c2ccccc2)N(Cc2ccccc2)C=C1. The topological polar surface area (TPSA) is 3.24 Å². The van der Waals surface area contributed by atoms with Crippen molar-refractivity contribution in [3.63, 3.8) is 0 Å². The first-order valence-electron chi connectivity index (χ1n) is 7.30. The van der Waals surface area contributed by atoms with E-state index in [-0.39, 0.29) is 0 Å². The zero-order chi connectivity index (χ0) is 14.3. The van der Waals surface area contributed by atoms with Crippen LogP contribution in [-0.4, -0.2) is 11.7 Å². The van der Waals surface area contributed by atoms with Crippen LogP contribution in [0.1, 0.15) is 11.1 Å². The molecule has 1 heterocycles. The molecule has 0 saturated carbocycles. The Labute approximate surface area is 127 Å². The van der Waals surface area contributed by atoms with E-state index in [0.717, 1.165) is 6.54 Å². The standard InChI is InChI=1S/C19H18BN/c1-3-9-18(10-4-1)13-15-20-14-7-8-16-21(20)17-19-11-5-2-6-12-19/h1-16H,17H2/b15-13+. The van der Waals surface area contributed by atoms with Gasteiger partial charge in [0.1, 0.15) is 0 Å². The van der Waals surface area contributed by atoms with Gasteiger partial charge in [-0.1, -0.05) is 84.8 Å². The Morgan fingerprint density at radius 3 is 2.33 bits per heavy atom. The fourth-order valence-electron chi connectivity index (χ4n) is 2.45. The summed E-state index contributed by atoms with van der Waals surface area (Å²) in [6.45, 7) is 1.22. The molecule has 2 aromatic rings. The Balaban J connectivity index is 1.72. The molecule has 0 spiro atoms. The maximum Gasteiger partial charge on any atom is 0.308 e. The van der Waals surface area contributed by atoms with Crippen LogP contribution >= 0.6 is 0 Å². The highest BCUT2D eigenvalue weighted by Gasteiger charge is 2.16. The van der Waals surface area contributed by atoms with Crippen LogP contribution in [0.5, 0.6) is 0 Å². The van der Waals surface area contributed by atoms with Crippen molar-refractivity contribution in [2.24, 2.45) is 0 Å². The highest BCUT2D eigenvalue weighted by atomic mass is 15.0. The third kappa shape index (κ3) is 3.76. The summed E-state index contributed by atoms with van der Waals surface area (Å²) in [5.41, 5.74) is 2.57. The van der Waals surface area contributed by atoms with E-state index in [1.54, 1.807) is 0 Å². The molecule has 0 fully saturated rings. The molecule has 0 aromatic heterocycles. The Morgan fingerprint density at radius 2 is 1.57 bits per heavy atom. The maximum atomic E-state index is 2.34. The van der Waals surface area contributed by atoms with Crippen LogP contribution in [0.3, 0.4) is 0 Å². The number of hydrogen-bond acceptors (Lipinski definition) is 1. The highest BCUT2D eigenvalue weighted by Crippen LogP contribution is 2.13. The van der Waals surface area contributed by atoms with Gasteiger partial charge in [-0.05, 0) is 23.4 Å². The summed E-state index contributed by atoms with van der Waals surface area (Å²) < 4.78 is 0. The third-order valence-corrected chi connectivity index (χ3v) is 3.57. The third-order valence-electron chi connectivity index (χ3n) is 3.57. The van der Waals surface area contributed by atoms with Gasteiger partial charge >= 0.3 is 6.85 Å². The zero-order valence-electron chi connectivity index (χ0n) is 12.0. The Kier molecular flexibility index (Phi) is 4.37. The monoisotopic (exact) mass is 271 g/mol. The molecule has 102 valence electrons. The van der Waals surface area contributed by atoms with E-state index in [2.05, 4.69) is 95.8 Å². The predicted molar refractivity (Wildman–Crippen MR) is 91.5 cm³/mol. The van der Waals surface area contributed by atoms with Crippen LogP contribution < -0.4 is 0 Å². The summed E-state index contributed by atoms with van der Waals surface area (Å²) in [6, 6.07) is 21.0. The summed E-state index contributed by atoms with van der Waals surface area (Å²) in [4.78, 5) is 2.34. The van der Waals surface area contributed by atoms with E-state index in [4.69, 9.17) is 0 Å². The second-order valence-electron chi connectivity index (χ2n) is 5.14. The molecule has 21 heavy (non-hydrogen) atoms. The first kappa shape index (κ1) is 13.5. The van der Waals surface area contributed by atoms with Gasteiger partial charge in [0.05, 0.1) is 0 Å². The molecule has 0 N–H and O–H groups in total. The first-order chi connectivity index (χ1) is 10.4. The lowest BCUT2D eigenvalue weighted by atomic mass is 9.59. The van der Waals surface area contributed by atoms with Gasteiger partial charge in [-0.2, -0.15) is 0 Å². The molecule has 0 unspecified atom stereocenters. The van der Waals surface area contributed by atoms with E-state index in [1.165, 1.54) is 11.1 Å². The van der Waals surface area contributed by atoms with Gasteiger partial charge < -0.3 is 4.81 Å². The van der Waals surface area contributed by atoms with Crippen LogP contribution in [0.15, 0.2) is 91.0 Å². The van der Waals surface area contributed by atoms with Crippen molar-refractivity contribution in [1.82, 2.24) is 4.81 Å². The number of nitrogens with zero attached hydrogens (tertiary/aromatic N) is 1. The normalized spacial score (nSPS) is 14.1. The van der Waals surface area contributed by atoms with Gasteiger partial charge in [-0.3, -0.25) is 0 Å². The van der Waals surface area contributed by atoms with Crippen LogP contribution in [0.4, 0.5) is 0 Å². The fourth-order valence-corrected chi connectivity index (χ4v) is 2.45. The zero-order valence-corrected chi connectivity index (χ0v) is 12.0. The summed E-state index contributed by atoms with van der Waals surface area (Å²) in [6.07, 6.45) is 8.55. The Bertz CT molecular complexity index is 644. The second-order valence-corrected chi connectivity index (χ2v) is 5.14. The summed E-state index contributed by atoms with van der Waals surface area (Å²) in [7, 11) is 0. The van der Waals surface area contributed by atoms with Gasteiger partial charge in [-0.15, -0.1) is 0 Å². The minimum absolute atomic E-state index is 0.301. The molecule has 3 rings (SSSR count). The average Bonchev–Trinajstić information content (AvgIpc) is 2.56. The Hall–Kier alpha value is -2.48. The van der Waals surface area contributed by atoms with Gasteiger partial charge in [0.25, 0.3) is 0 Å². The number of allylic oxidation sites excluding steroid dienone is 2. The molecule has 1 aliphatic heterocycles. The number of hydrogen-bond donors (Lipinski definition) is 0. The lowest BCUT2D eigenvalue weighted by molar-refractivity contribution is 0.577. The van der Waals surface area contributed by atoms with Crippen LogP contribution in [0, 0.1) is 0 Å². The smallest absolute Gasteiger partial charge is 0.308 e. The molecule has 2 heteroatoms. The molecule has 0 amide bonds. The van der Waals surface area contributed by atoms with E-state index < -0.39 is 0 Å². The molecule has 0 radical (unpaired) electrons. The van der Waals surface area contributed by atoms with Crippen molar-refractivity contribution in [2.75, 3.05) is 0 Å². The highest BCUT2D eigenvalue weighted by molar-refractivity contribution is 6.67. The lowest BCUT2D eigenvalue weighted by Crippen LogP contribution is -2.33. The summed E-state index contributed by atoms with van der Waals surface area (Å²) in [5, 5.41) is 0. The van der Waals surface area contributed by atoms with Crippen molar-refractivity contribution in [1.29, 1.82) is 0 Å². The number of benzene rings is 2. The van der Waals surface area contributed by atoms with Gasteiger partial charge in [-0.25, -0.2) is 0 Å². The second kappa shape index (κ2) is 6.80. The van der Waals surface area contributed by atoms with Gasteiger partial charge in [0.15, 0.2) is 0 Å². The van der Waals surface area contributed by atoms with Crippen LogP contribution in [-0.2, 0) is 6.54 Å². The van der Waals surface area contributed by atoms with Gasteiger partial charge in [0.2, 0.25) is 0 Å². The quantitative estimate of drug-likeness (QED) is 0.747. The van der Waals surface area contributed by atoms with Crippen LogP contribution in [0.2, 0.25) is 0 Å². The van der Waals surface area contributed by atoms with E-state index in [9.17, 15) is 0 Å². The Morgan fingerprint density at radius 1 is 0.857 bits per heavy atom. The minimum atomic E-state index is 0.301. The van der Waals surface area contributed by atoms with Gasteiger partial charge in [0, 0.05) is 6.54 Å². The van der Waals surface area contributed by atoms with Crippen molar-refractivity contribution in [2.45, 2.75) is 6.54 Å². The molecule has 1 nitrogen and oxygen atoms in total. The molecular weight excluding hydrogens is 253 g/mol. The molecule has 0 saturated heterocycles. The van der Waals surface area contributed by atoms with Crippen molar-refractivity contribution < 1.29 is 0 Å². The molecule has 1 aliphatic rings. The summed E-state index contributed by atoms with van der Waals surface area (Å²) >= 11 is 0. The predicted octanol–water partition coefficient (Wildman–Crippen LogP) is 4.36. The molecular formula is C19H18BN. The molecule has 2 aromatic carbocycles.